The summed E-state index contributed by atoms with van der Waals surface area (Å²) in [5.41, 5.74) is 0.652. The number of ketones is 1. The first-order valence-electron chi connectivity index (χ1n) is 6.27. The van der Waals surface area contributed by atoms with Crippen LogP contribution in [0.4, 0.5) is 0 Å². The monoisotopic (exact) mass is 414 g/mol. The summed E-state index contributed by atoms with van der Waals surface area (Å²) in [7, 11) is 0. The van der Waals surface area contributed by atoms with Crippen molar-refractivity contribution in [2.75, 3.05) is 6.61 Å². The number of esters is 1. The number of hydrogen-bond acceptors (Lipinski definition) is 4. The first-order valence-corrected chi connectivity index (χ1v) is 7.86. The minimum Gasteiger partial charge on any atom is -0.460 e. The van der Waals surface area contributed by atoms with Crippen LogP contribution in [0.1, 0.15) is 33.8 Å². The molecule has 2 aromatic rings. The van der Waals surface area contributed by atoms with Crippen molar-refractivity contribution in [2.24, 2.45) is 0 Å². The Morgan fingerprint density at radius 3 is 2.38 bits per heavy atom. The first kappa shape index (κ1) is 16.0. The lowest BCUT2D eigenvalue weighted by Crippen LogP contribution is -2.07. The van der Waals surface area contributed by atoms with E-state index in [1.54, 1.807) is 18.2 Å². The van der Waals surface area contributed by atoms with E-state index in [-0.39, 0.29) is 18.2 Å². The third kappa shape index (κ3) is 4.82. The van der Waals surface area contributed by atoms with Crippen LogP contribution in [-0.4, -0.2) is 18.4 Å². The number of hydrogen-bond donors (Lipinski definition) is 0. The van der Waals surface area contributed by atoms with Crippen molar-refractivity contribution in [3.05, 3.63) is 56.9 Å². The van der Waals surface area contributed by atoms with Gasteiger partial charge in [-0.25, -0.2) is 4.79 Å². The molecule has 110 valence electrons. The smallest absolute Gasteiger partial charge is 0.374 e. The fourth-order valence-corrected chi connectivity index (χ4v) is 2.24. The molecule has 1 heterocycles. The second kappa shape index (κ2) is 7.56. The fraction of sp³-hybridized carbons (Fsp3) is 0.200. The zero-order valence-electron chi connectivity index (χ0n) is 11.0. The predicted molar refractivity (Wildman–Crippen MR) is 84.4 cm³/mol. The predicted octanol–water partition coefficient (Wildman–Crippen LogP) is 4.62. The van der Waals surface area contributed by atoms with Crippen molar-refractivity contribution in [1.29, 1.82) is 0 Å². The highest BCUT2D eigenvalue weighted by atomic mass is 79.9. The molecule has 6 heteroatoms. The van der Waals surface area contributed by atoms with Gasteiger partial charge < -0.3 is 9.15 Å². The van der Waals surface area contributed by atoms with Crippen LogP contribution in [-0.2, 0) is 4.74 Å². The lowest BCUT2D eigenvalue weighted by molar-refractivity contribution is 0.0457. The number of carbonyl (C=O) groups is 2. The Labute approximate surface area is 138 Å². The lowest BCUT2D eigenvalue weighted by atomic mass is 10.1. The first-order chi connectivity index (χ1) is 10.1. The number of Topliss-reactive ketones (excluding diaryl/α,β-unsaturated/α-hetero) is 1. The van der Waals surface area contributed by atoms with Gasteiger partial charge in [0, 0.05) is 16.5 Å². The Kier molecular flexibility index (Phi) is 5.76. The molecule has 0 spiro atoms. The number of halogens is 2. The van der Waals surface area contributed by atoms with E-state index in [1.807, 2.05) is 12.1 Å². The van der Waals surface area contributed by atoms with Crippen LogP contribution in [0.25, 0.3) is 0 Å². The maximum Gasteiger partial charge on any atom is 0.374 e. The summed E-state index contributed by atoms with van der Waals surface area (Å²) in [5, 5.41) is 0. The third-order valence-corrected chi connectivity index (χ3v) is 3.68. The molecule has 4 nitrogen and oxygen atoms in total. The molecule has 0 N–H and O–H groups in total. The Hall–Kier alpha value is -1.40. The summed E-state index contributed by atoms with van der Waals surface area (Å²) in [6.07, 6.45) is 0.805. The molecule has 2 rings (SSSR count). The quantitative estimate of drug-likeness (QED) is 0.392. The van der Waals surface area contributed by atoms with Gasteiger partial charge in [-0.15, -0.1) is 0 Å². The summed E-state index contributed by atoms with van der Waals surface area (Å²) < 4.78 is 11.5. The second-order valence-corrected chi connectivity index (χ2v) is 5.97. The van der Waals surface area contributed by atoms with Crippen molar-refractivity contribution in [2.45, 2.75) is 12.8 Å². The van der Waals surface area contributed by atoms with Crippen molar-refractivity contribution in [1.82, 2.24) is 0 Å². The summed E-state index contributed by atoms with van der Waals surface area (Å²) in [5.74, 6) is -0.364. The van der Waals surface area contributed by atoms with Crippen LogP contribution in [0, 0.1) is 0 Å². The van der Waals surface area contributed by atoms with Crippen LogP contribution in [0.2, 0.25) is 0 Å². The molecule has 0 amide bonds. The molecule has 0 atom stereocenters. The molecule has 0 saturated heterocycles. The summed E-state index contributed by atoms with van der Waals surface area (Å²) in [6, 6.07) is 10.3. The highest BCUT2D eigenvalue weighted by molar-refractivity contribution is 9.10. The molecular weight excluding hydrogens is 404 g/mol. The molecule has 0 aliphatic carbocycles. The number of rotatable bonds is 6. The van der Waals surface area contributed by atoms with Gasteiger partial charge in [0.15, 0.2) is 10.5 Å². The van der Waals surface area contributed by atoms with E-state index in [2.05, 4.69) is 31.9 Å². The maximum absolute atomic E-state index is 11.9. The topological polar surface area (TPSA) is 56.5 Å². The van der Waals surface area contributed by atoms with Crippen LogP contribution in [0.5, 0.6) is 0 Å². The van der Waals surface area contributed by atoms with Gasteiger partial charge >= 0.3 is 5.97 Å². The van der Waals surface area contributed by atoms with Gasteiger partial charge in [-0.2, -0.15) is 0 Å². The zero-order chi connectivity index (χ0) is 15.2. The van der Waals surface area contributed by atoms with Gasteiger partial charge in [-0.1, -0.05) is 28.1 Å². The highest BCUT2D eigenvalue weighted by Crippen LogP contribution is 2.15. The van der Waals surface area contributed by atoms with Crippen molar-refractivity contribution in [3.63, 3.8) is 0 Å². The van der Waals surface area contributed by atoms with Gasteiger partial charge in [-0.3, -0.25) is 4.79 Å². The molecule has 0 fully saturated rings. The van der Waals surface area contributed by atoms with E-state index < -0.39 is 5.97 Å². The van der Waals surface area contributed by atoms with E-state index in [0.717, 1.165) is 4.47 Å². The van der Waals surface area contributed by atoms with Gasteiger partial charge in [0.25, 0.3) is 0 Å². The van der Waals surface area contributed by atoms with Crippen LogP contribution in [0.3, 0.4) is 0 Å². The Bertz CT molecular complexity index is 631. The zero-order valence-corrected chi connectivity index (χ0v) is 14.1. The number of carbonyl (C=O) groups excluding carboxylic acids is 2. The molecular formula is C15H12Br2O4. The standard InChI is InChI=1S/C15H12Br2O4/c16-11-5-3-10(4-6-11)12(18)2-1-9-20-15(19)13-7-8-14(17)21-13/h3-8H,1-2,9H2. The number of furan rings is 1. The Morgan fingerprint density at radius 2 is 1.76 bits per heavy atom. The molecule has 0 radical (unpaired) electrons. The minimum atomic E-state index is -0.531. The molecule has 0 aliphatic heterocycles. The average molecular weight is 416 g/mol. The highest BCUT2D eigenvalue weighted by Gasteiger charge is 2.12. The van der Waals surface area contributed by atoms with Crippen LogP contribution in [0.15, 0.2) is 50.0 Å². The SMILES string of the molecule is O=C(CCCOC(=O)c1ccc(Br)o1)c1ccc(Br)cc1. The van der Waals surface area contributed by atoms with Gasteiger partial charge in [0.1, 0.15) is 0 Å². The molecule has 21 heavy (non-hydrogen) atoms. The van der Waals surface area contributed by atoms with Crippen molar-refractivity contribution >= 4 is 43.6 Å². The fourth-order valence-electron chi connectivity index (χ4n) is 1.67. The molecule has 1 aromatic carbocycles. The number of ether oxygens (including phenoxy) is 1. The molecule has 0 saturated carbocycles. The second-order valence-electron chi connectivity index (χ2n) is 4.27. The summed E-state index contributed by atoms with van der Waals surface area (Å²) in [6.45, 7) is 0.180. The Balaban J connectivity index is 1.73. The van der Waals surface area contributed by atoms with E-state index in [1.165, 1.54) is 6.07 Å². The van der Waals surface area contributed by atoms with Crippen molar-refractivity contribution < 1.29 is 18.7 Å². The van der Waals surface area contributed by atoms with E-state index in [0.29, 0.717) is 23.1 Å². The van der Waals surface area contributed by atoms with Gasteiger partial charge in [0.05, 0.1) is 6.61 Å². The van der Waals surface area contributed by atoms with E-state index in [9.17, 15) is 9.59 Å². The molecule has 0 aliphatic rings. The Morgan fingerprint density at radius 1 is 1.05 bits per heavy atom. The lowest BCUT2D eigenvalue weighted by Gasteiger charge is -2.03. The molecule has 1 aromatic heterocycles. The van der Waals surface area contributed by atoms with Gasteiger partial charge in [-0.05, 0) is 46.6 Å². The molecule has 0 bridgehead atoms. The minimum absolute atomic E-state index is 0.0271. The van der Waals surface area contributed by atoms with Crippen LogP contribution < -0.4 is 0 Å². The molecule has 0 unspecified atom stereocenters. The van der Waals surface area contributed by atoms with Gasteiger partial charge in [0.2, 0.25) is 5.76 Å². The van der Waals surface area contributed by atoms with Crippen LogP contribution >= 0.6 is 31.9 Å². The third-order valence-electron chi connectivity index (χ3n) is 2.72. The van der Waals surface area contributed by atoms with Crippen molar-refractivity contribution in [3.8, 4) is 0 Å². The summed E-state index contributed by atoms with van der Waals surface area (Å²) >= 11 is 6.43. The largest absolute Gasteiger partial charge is 0.460 e. The van der Waals surface area contributed by atoms with E-state index >= 15 is 0 Å². The number of benzene rings is 1. The summed E-state index contributed by atoms with van der Waals surface area (Å²) in [4.78, 5) is 23.5. The maximum atomic E-state index is 11.9. The van der Waals surface area contributed by atoms with E-state index in [4.69, 9.17) is 9.15 Å². The average Bonchev–Trinajstić information content (AvgIpc) is 2.90. The normalized spacial score (nSPS) is 10.4.